The average Bonchev–Trinajstić information content (AvgIpc) is 2.39. The molecule has 1 aliphatic carbocycles. The summed E-state index contributed by atoms with van der Waals surface area (Å²) in [6.07, 6.45) is 2.06. The number of hydrogen-bond donors (Lipinski definition) is 3. The van der Waals surface area contributed by atoms with Crippen molar-refractivity contribution in [2.75, 3.05) is 11.9 Å². The molecular formula is C14H19N3O3. The Hall–Kier alpha value is -2.24. The lowest BCUT2D eigenvalue weighted by Gasteiger charge is -2.38. The van der Waals surface area contributed by atoms with Gasteiger partial charge in [-0.3, -0.25) is 4.79 Å². The van der Waals surface area contributed by atoms with Crippen LogP contribution < -0.4 is 15.8 Å². The lowest BCUT2D eigenvalue weighted by molar-refractivity contribution is -0.125. The number of amides is 1. The van der Waals surface area contributed by atoms with Crippen molar-refractivity contribution < 1.29 is 14.7 Å². The standard InChI is InChI=1S/C14H19N3O3/c1-2-20-11-7-4-3-6-10(11)16-13(18)14(8-5-9-14)12(15)17-19/h3-4,6-7,19H,2,5,8-9H2,1H3,(H2,15,17)(H,16,18). The van der Waals surface area contributed by atoms with E-state index < -0.39 is 5.41 Å². The molecule has 0 aromatic heterocycles. The highest BCUT2D eigenvalue weighted by Gasteiger charge is 2.48. The van der Waals surface area contributed by atoms with Crippen LogP contribution in [0.4, 0.5) is 5.69 Å². The summed E-state index contributed by atoms with van der Waals surface area (Å²) in [5.41, 5.74) is 5.37. The maximum atomic E-state index is 12.4. The summed E-state index contributed by atoms with van der Waals surface area (Å²) < 4.78 is 5.46. The highest BCUT2D eigenvalue weighted by atomic mass is 16.5. The third-order valence-electron chi connectivity index (χ3n) is 3.67. The average molecular weight is 277 g/mol. The minimum Gasteiger partial charge on any atom is -0.492 e. The lowest BCUT2D eigenvalue weighted by Crippen LogP contribution is -2.51. The second kappa shape index (κ2) is 5.81. The molecule has 1 saturated carbocycles. The van der Waals surface area contributed by atoms with E-state index in [-0.39, 0.29) is 11.7 Å². The molecule has 6 nitrogen and oxygen atoms in total. The highest BCUT2D eigenvalue weighted by molar-refractivity contribution is 6.12. The first-order valence-electron chi connectivity index (χ1n) is 6.65. The number of carbonyl (C=O) groups is 1. The van der Waals surface area contributed by atoms with Crippen molar-refractivity contribution in [1.29, 1.82) is 0 Å². The Bertz CT molecular complexity index is 524. The second-order valence-corrected chi connectivity index (χ2v) is 4.80. The predicted molar refractivity (Wildman–Crippen MR) is 75.9 cm³/mol. The van der Waals surface area contributed by atoms with Gasteiger partial charge in [0.25, 0.3) is 0 Å². The van der Waals surface area contributed by atoms with Crippen LogP contribution in [0.1, 0.15) is 26.2 Å². The molecule has 0 radical (unpaired) electrons. The Balaban J connectivity index is 2.19. The molecule has 2 rings (SSSR count). The molecule has 1 amide bonds. The van der Waals surface area contributed by atoms with Crippen molar-refractivity contribution in [3.8, 4) is 5.75 Å². The molecule has 0 atom stereocenters. The van der Waals surface area contributed by atoms with Crippen LogP contribution in [0.5, 0.6) is 5.75 Å². The topological polar surface area (TPSA) is 96.9 Å². The minimum atomic E-state index is -0.895. The van der Waals surface area contributed by atoms with Crippen molar-refractivity contribution >= 4 is 17.4 Å². The van der Waals surface area contributed by atoms with Gasteiger partial charge in [0.1, 0.15) is 11.2 Å². The Morgan fingerprint density at radius 1 is 1.50 bits per heavy atom. The number of nitrogens with zero attached hydrogens (tertiary/aromatic N) is 1. The first-order valence-corrected chi connectivity index (χ1v) is 6.65. The Labute approximate surface area is 117 Å². The third-order valence-corrected chi connectivity index (χ3v) is 3.67. The van der Waals surface area contributed by atoms with Gasteiger partial charge in [0.2, 0.25) is 5.91 Å². The largest absolute Gasteiger partial charge is 0.492 e. The number of anilines is 1. The van der Waals surface area contributed by atoms with Gasteiger partial charge in [0, 0.05) is 0 Å². The predicted octanol–water partition coefficient (Wildman–Crippen LogP) is 1.94. The van der Waals surface area contributed by atoms with Crippen molar-refractivity contribution in [2.24, 2.45) is 16.3 Å². The molecule has 1 aromatic rings. The van der Waals surface area contributed by atoms with Gasteiger partial charge in [0.05, 0.1) is 12.3 Å². The fourth-order valence-corrected chi connectivity index (χ4v) is 2.32. The third kappa shape index (κ3) is 2.41. The van der Waals surface area contributed by atoms with Gasteiger partial charge in [-0.25, -0.2) is 0 Å². The number of hydrogen-bond acceptors (Lipinski definition) is 4. The molecule has 0 aliphatic heterocycles. The highest BCUT2D eigenvalue weighted by Crippen LogP contribution is 2.42. The molecule has 0 heterocycles. The molecule has 0 bridgehead atoms. The van der Waals surface area contributed by atoms with E-state index in [9.17, 15) is 4.79 Å². The van der Waals surface area contributed by atoms with Crippen molar-refractivity contribution in [3.05, 3.63) is 24.3 Å². The molecule has 4 N–H and O–H groups in total. The summed E-state index contributed by atoms with van der Waals surface area (Å²) in [6, 6.07) is 7.20. The smallest absolute Gasteiger partial charge is 0.238 e. The minimum absolute atomic E-state index is 0.0323. The van der Waals surface area contributed by atoms with E-state index in [1.807, 2.05) is 19.1 Å². The van der Waals surface area contributed by atoms with E-state index in [2.05, 4.69) is 10.5 Å². The van der Waals surface area contributed by atoms with E-state index in [0.717, 1.165) is 6.42 Å². The zero-order valence-electron chi connectivity index (χ0n) is 11.4. The number of nitrogens with two attached hydrogens (primary N) is 1. The molecule has 1 fully saturated rings. The van der Waals surface area contributed by atoms with Crippen LogP contribution in [0, 0.1) is 5.41 Å². The molecule has 20 heavy (non-hydrogen) atoms. The van der Waals surface area contributed by atoms with E-state index in [1.165, 1.54) is 0 Å². The second-order valence-electron chi connectivity index (χ2n) is 4.80. The first-order chi connectivity index (χ1) is 9.64. The number of oxime groups is 1. The Morgan fingerprint density at radius 3 is 2.75 bits per heavy atom. The van der Waals surface area contributed by atoms with Gasteiger partial charge in [-0.05, 0) is 31.9 Å². The number of benzene rings is 1. The first kappa shape index (κ1) is 14.2. The number of nitrogens with one attached hydrogen (secondary N) is 1. The van der Waals surface area contributed by atoms with Crippen molar-refractivity contribution in [1.82, 2.24) is 0 Å². The maximum Gasteiger partial charge on any atom is 0.238 e. The SMILES string of the molecule is CCOc1ccccc1NC(=O)C1(/C(N)=N/O)CCC1. The number of ether oxygens (including phenoxy) is 1. The van der Waals surface area contributed by atoms with E-state index >= 15 is 0 Å². The van der Waals surface area contributed by atoms with Gasteiger partial charge in [-0.15, -0.1) is 0 Å². The summed E-state index contributed by atoms with van der Waals surface area (Å²) >= 11 is 0. The Kier molecular flexibility index (Phi) is 4.12. The summed E-state index contributed by atoms with van der Waals surface area (Å²) in [7, 11) is 0. The molecule has 6 heteroatoms. The molecule has 108 valence electrons. The molecule has 0 unspecified atom stereocenters. The zero-order chi connectivity index (χ0) is 14.6. The summed E-state index contributed by atoms with van der Waals surface area (Å²) in [5.74, 6) is 0.318. The van der Waals surface area contributed by atoms with Gasteiger partial charge < -0.3 is 21.0 Å². The lowest BCUT2D eigenvalue weighted by atomic mass is 9.67. The Morgan fingerprint density at radius 2 is 2.20 bits per heavy atom. The quantitative estimate of drug-likeness (QED) is 0.331. The van der Waals surface area contributed by atoms with E-state index in [0.29, 0.717) is 30.9 Å². The van der Waals surface area contributed by atoms with Gasteiger partial charge in [0.15, 0.2) is 5.84 Å². The van der Waals surface area contributed by atoms with Gasteiger partial charge >= 0.3 is 0 Å². The monoisotopic (exact) mass is 277 g/mol. The van der Waals surface area contributed by atoms with E-state index in [4.69, 9.17) is 15.7 Å². The fraction of sp³-hybridized carbons (Fsp3) is 0.429. The molecule has 1 aliphatic rings. The zero-order valence-corrected chi connectivity index (χ0v) is 11.4. The number of para-hydroxylation sites is 2. The summed E-state index contributed by atoms with van der Waals surface area (Å²) in [5, 5.41) is 14.7. The summed E-state index contributed by atoms with van der Waals surface area (Å²) in [4.78, 5) is 12.4. The fourth-order valence-electron chi connectivity index (χ4n) is 2.32. The van der Waals surface area contributed by atoms with Crippen LogP contribution in [0.3, 0.4) is 0 Å². The van der Waals surface area contributed by atoms with Crippen LogP contribution in [0.15, 0.2) is 29.4 Å². The van der Waals surface area contributed by atoms with Gasteiger partial charge in [-0.1, -0.05) is 23.7 Å². The van der Waals surface area contributed by atoms with Crippen LogP contribution in [-0.2, 0) is 4.79 Å². The summed E-state index contributed by atoms with van der Waals surface area (Å²) in [6.45, 7) is 2.39. The number of rotatable bonds is 5. The normalized spacial score (nSPS) is 17.1. The van der Waals surface area contributed by atoms with Crippen molar-refractivity contribution in [3.63, 3.8) is 0 Å². The van der Waals surface area contributed by atoms with Crippen LogP contribution >= 0.6 is 0 Å². The maximum absolute atomic E-state index is 12.4. The molecule has 0 saturated heterocycles. The molecule has 0 spiro atoms. The van der Waals surface area contributed by atoms with Crippen LogP contribution in [-0.4, -0.2) is 23.6 Å². The number of carbonyl (C=O) groups excluding carboxylic acids is 1. The molecular weight excluding hydrogens is 258 g/mol. The van der Waals surface area contributed by atoms with Crippen LogP contribution in [0.2, 0.25) is 0 Å². The van der Waals surface area contributed by atoms with Crippen LogP contribution in [0.25, 0.3) is 0 Å². The molecule has 1 aromatic carbocycles. The van der Waals surface area contributed by atoms with Gasteiger partial charge in [-0.2, -0.15) is 0 Å². The number of amidine groups is 1. The van der Waals surface area contributed by atoms with Crippen molar-refractivity contribution in [2.45, 2.75) is 26.2 Å². The van der Waals surface area contributed by atoms with E-state index in [1.54, 1.807) is 12.1 Å².